The van der Waals surface area contributed by atoms with Gasteiger partial charge in [-0.25, -0.2) is 0 Å². The van der Waals surface area contributed by atoms with Gasteiger partial charge in [-0.05, 0) is 55.5 Å². The maximum absolute atomic E-state index is 13.8. The molecule has 0 bridgehead atoms. The van der Waals surface area contributed by atoms with Crippen molar-refractivity contribution in [2.24, 2.45) is 0 Å². The Hall–Kier alpha value is -2.51. The van der Waals surface area contributed by atoms with Crippen LogP contribution in [-0.4, -0.2) is 35.1 Å². The molecule has 162 valence electrons. The molecular weight excluding hydrogens is 434 g/mol. The van der Waals surface area contributed by atoms with Crippen molar-refractivity contribution in [1.29, 1.82) is 0 Å². The van der Waals surface area contributed by atoms with Crippen molar-refractivity contribution in [3.05, 3.63) is 46.4 Å². The first-order valence-electron chi connectivity index (χ1n) is 10.5. The van der Waals surface area contributed by atoms with E-state index in [0.717, 1.165) is 35.9 Å². The van der Waals surface area contributed by atoms with Crippen LogP contribution in [0.25, 0.3) is 10.2 Å². The Kier molecular flexibility index (Phi) is 4.98. The van der Waals surface area contributed by atoms with Gasteiger partial charge in [0.1, 0.15) is 21.8 Å². The summed E-state index contributed by atoms with van der Waals surface area (Å²) >= 11 is 7.97. The number of ether oxygens (including phenoxy) is 1. The van der Waals surface area contributed by atoms with Gasteiger partial charge in [0.05, 0.1) is 18.7 Å². The first-order chi connectivity index (χ1) is 14.9. The summed E-state index contributed by atoms with van der Waals surface area (Å²) in [6.07, 6.45) is 4.20. The van der Waals surface area contributed by atoms with Gasteiger partial charge in [0.15, 0.2) is 0 Å². The standard InChI is InChI=1S/C23H24ClN3O3S/c1-23(22(29)25-15-5-3-4-6-15)13-26-18(11-14-9-10-31-21(14)26)20(28)27(23)16-7-8-19(30-2)17(24)12-16/h7-12,15H,3-6,13H2,1-2H3,(H,25,29)/t23-/m0/s1. The highest BCUT2D eigenvalue weighted by atomic mass is 35.5. The molecule has 8 heteroatoms. The predicted molar refractivity (Wildman–Crippen MR) is 123 cm³/mol. The van der Waals surface area contributed by atoms with E-state index in [1.54, 1.807) is 41.5 Å². The summed E-state index contributed by atoms with van der Waals surface area (Å²) in [5, 5.41) is 6.63. The van der Waals surface area contributed by atoms with Gasteiger partial charge in [-0.2, -0.15) is 0 Å². The number of hydrogen-bond acceptors (Lipinski definition) is 4. The number of benzene rings is 1. The second-order valence-electron chi connectivity index (χ2n) is 8.48. The number of halogens is 1. The minimum Gasteiger partial charge on any atom is -0.495 e. The Bertz CT molecular complexity index is 1180. The molecule has 1 aromatic carbocycles. The third-order valence-corrected chi connectivity index (χ3v) is 7.70. The third kappa shape index (κ3) is 3.22. The number of aromatic nitrogens is 1. The van der Waals surface area contributed by atoms with Crippen molar-refractivity contribution in [2.45, 2.75) is 50.7 Å². The summed E-state index contributed by atoms with van der Waals surface area (Å²) in [5.74, 6) is 0.180. The first-order valence-corrected chi connectivity index (χ1v) is 11.7. The van der Waals surface area contributed by atoms with Crippen molar-refractivity contribution in [3.63, 3.8) is 0 Å². The molecule has 3 heterocycles. The number of amides is 2. The average Bonchev–Trinajstić information content (AvgIpc) is 3.47. The maximum Gasteiger partial charge on any atom is 0.275 e. The van der Waals surface area contributed by atoms with E-state index in [4.69, 9.17) is 16.3 Å². The Labute approximate surface area is 189 Å². The minimum atomic E-state index is -1.10. The quantitative estimate of drug-likeness (QED) is 0.609. The molecule has 2 aromatic heterocycles. The molecule has 1 N–H and O–H groups in total. The van der Waals surface area contributed by atoms with Crippen LogP contribution < -0.4 is 15.0 Å². The topological polar surface area (TPSA) is 63.6 Å². The predicted octanol–water partition coefficient (Wildman–Crippen LogP) is 4.84. The first kappa shape index (κ1) is 20.4. The highest BCUT2D eigenvalue weighted by Crippen LogP contribution is 2.39. The number of thiophene rings is 1. The van der Waals surface area contributed by atoms with E-state index in [1.165, 1.54) is 0 Å². The average molecular weight is 458 g/mol. The molecule has 2 aliphatic rings. The zero-order valence-electron chi connectivity index (χ0n) is 17.5. The number of carbonyl (C=O) groups is 2. The van der Waals surface area contributed by atoms with Crippen LogP contribution in [0.5, 0.6) is 5.75 Å². The van der Waals surface area contributed by atoms with Gasteiger partial charge in [0.2, 0.25) is 5.91 Å². The number of fused-ring (bicyclic) bond motifs is 3. The number of nitrogens with one attached hydrogen (secondary N) is 1. The van der Waals surface area contributed by atoms with Crippen LogP contribution >= 0.6 is 22.9 Å². The van der Waals surface area contributed by atoms with Crippen molar-refractivity contribution in [3.8, 4) is 5.75 Å². The lowest BCUT2D eigenvalue weighted by molar-refractivity contribution is -0.127. The van der Waals surface area contributed by atoms with E-state index in [1.807, 2.05) is 29.0 Å². The third-order valence-electron chi connectivity index (χ3n) is 6.46. The molecule has 3 aromatic rings. The number of rotatable bonds is 4. The van der Waals surface area contributed by atoms with Crippen LogP contribution in [0.1, 0.15) is 43.1 Å². The van der Waals surface area contributed by atoms with Crippen LogP contribution in [-0.2, 0) is 11.3 Å². The zero-order valence-corrected chi connectivity index (χ0v) is 19.1. The Balaban J connectivity index is 1.62. The van der Waals surface area contributed by atoms with Crippen molar-refractivity contribution in [2.75, 3.05) is 12.0 Å². The number of nitrogens with zero attached hydrogens (tertiary/aromatic N) is 2. The van der Waals surface area contributed by atoms with Crippen LogP contribution in [0, 0.1) is 0 Å². The molecule has 1 atom stereocenters. The largest absolute Gasteiger partial charge is 0.495 e. The Morgan fingerprint density at radius 3 is 2.74 bits per heavy atom. The lowest BCUT2D eigenvalue weighted by Crippen LogP contribution is -2.65. The molecular formula is C23H24ClN3O3S. The van der Waals surface area contributed by atoms with E-state index in [-0.39, 0.29) is 17.9 Å². The lowest BCUT2D eigenvalue weighted by atomic mass is 9.93. The Morgan fingerprint density at radius 1 is 1.26 bits per heavy atom. The smallest absolute Gasteiger partial charge is 0.275 e. The number of methoxy groups -OCH3 is 1. The highest BCUT2D eigenvalue weighted by molar-refractivity contribution is 7.16. The van der Waals surface area contributed by atoms with Crippen LogP contribution in [0.3, 0.4) is 0 Å². The summed E-state index contributed by atoms with van der Waals surface area (Å²) in [6.45, 7) is 2.22. The van der Waals surface area contributed by atoms with Gasteiger partial charge < -0.3 is 14.6 Å². The summed E-state index contributed by atoms with van der Waals surface area (Å²) < 4.78 is 7.25. The van der Waals surface area contributed by atoms with Gasteiger partial charge >= 0.3 is 0 Å². The van der Waals surface area contributed by atoms with Gasteiger partial charge in [0.25, 0.3) is 5.91 Å². The Morgan fingerprint density at radius 2 is 2.03 bits per heavy atom. The fourth-order valence-corrected chi connectivity index (χ4v) is 5.96. The normalized spacial score (nSPS) is 21.5. The van der Waals surface area contributed by atoms with E-state index in [9.17, 15) is 9.59 Å². The van der Waals surface area contributed by atoms with Gasteiger partial charge in [0, 0.05) is 17.1 Å². The highest BCUT2D eigenvalue weighted by Gasteiger charge is 2.49. The number of hydrogen-bond donors (Lipinski definition) is 1. The lowest BCUT2D eigenvalue weighted by Gasteiger charge is -2.44. The molecule has 1 saturated carbocycles. The van der Waals surface area contributed by atoms with Crippen molar-refractivity contribution < 1.29 is 14.3 Å². The SMILES string of the molecule is COc1ccc(N2C(=O)c3cc4ccsc4n3C[C@@]2(C)C(=O)NC2CCCC2)cc1Cl. The van der Waals surface area contributed by atoms with Gasteiger partial charge in [-0.15, -0.1) is 11.3 Å². The molecule has 0 saturated heterocycles. The van der Waals surface area contributed by atoms with Crippen molar-refractivity contribution in [1.82, 2.24) is 9.88 Å². The molecule has 0 radical (unpaired) electrons. The summed E-state index contributed by atoms with van der Waals surface area (Å²) in [5.41, 5.74) is 0.0659. The minimum absolute atomic E-state index is 0.135. The van der Waals surface area contributed by atoms with Crippen LogP contribution in [0.2, 0.25) is 5.02 Å². The molecule has 1 aliphatic carbocycles. The molecule has 31 heavy (non-hydrogen) atoms. The summed E-state index contributed by atoms with van der Waals surface area (Å²) in [4.78, 5) is 30.0. The van der Waals surface area contributed by atoms with Crippen LogP contribution in [0.15, 0.2) is 35.7 Å². The fraction of sp³-hybridized carbons (Fsp3) is 0.391. The molecule has 5 rings (SSSR count). The molecule has 2 amide bonds. The molecule has 1 fully saturated rings. The van der Waals surface area contributed by atoms with E-state index in [2.05, 4.69) is 5.32 Å². The summed E-state index contributed by atoms with van der Waals surface area (Å²) in [7, 11) is 1.55. The molecule has 1 aliphatic heterocycles. The second kappa shape index (κ2) is 7.57. The maximum atomic E-state index is 13.8. The van der Waals surface area contributed by atoms with Crippen LogP contribution in [0.4, 0.5) is 5.69 Å². The zero-order chi connectivity index (χ0) is 21.8. The number of anilines is 1. The second-order valence-corrected chi connectivity index (χ2v) is 9.79. The number of carbonyl (C=O) groups excluding carboxylic acids is 2. The molecule has 0 unspecified atom stereocenters. The van der Waals surface area contributed by atoms with Crippen molar-refractivity contribution >= 4 is 50.7 Å². The summed E-state index contributed by atoms with van der Waals surface area (Å²) in [6, 6.07) is 9.27. The van der Waals surface area contributed by atoms with Gasteiger partial charge in [-0.3, -0.25) is 14.5 Å². The molecule has 0 spiro atoms. The fourth-order valence-electron chi connectivity index (χ4n) is 4.81. The van der Waals surface area contributed by atoms with E-state index < -0.39 is 5.54 Å². The van der Waals surface area contributed by atoms with E-state index in [0.29, 0.717) is 28.7 Å². The molecule has 6 nitrogen and oxygen atoms in total. The van der Waals surface area contributed by atoms with Gasteiger partial charge in [-0.1, -0.05) is 24.4 Å². The monoisotopic (exact) mass is 457 g/mol. The van der Waals surface area contributed by atoms with E-state index >= 15 is 0 Å².